The molecule has 31 heavy (non-hydrogen) atoms. The van der Waals surface area contributed by atoms with Crippen molar-refractivity contribution in [2.75, 3.05) is 11.4 Å². The first-order chi connectivity index (χ1) is 14.6. The Morgan fingerprint density at radius 3 is 2.29 bits per heavy atom. The van der Waals surface area contributed by atoms with Crippen molar-refractivity contribution in [2.45, 2.75) is 18.4 Å². The van der Waals surface area contributed by atoms with E-state index in [0.717, 1.165) is 9.80 Å². The molecule has 2 aromatic carbocycles. The first-order valence-electron chi connectivity index (χ1n) is 9.22. The van der Waals surface area contributed by atoms with Gasteiger partial charge in [-0.1, -0.05) is 23.7 Å². The molecule has 1 fully saturated rings. The zero-order valence-corrected chi connectivity index (χ0v) is 16.8. The van der Waals surface area contributed by atoms with Crippen LogP contribution in [0.15, 0.2) is 42.5 Å². The van der Waals surface area contributed by atoms with Gasteiger partial charge in [-0.25, -0.2) is 0 Å². The third-order valence-electron chi connectivity index (χ3n) is 5.52. The lowest BCUT2D eigenvalue weighted by Gasteiger charge is -2.22. The highest BCUT2D eigenvalue weighted by atomic mass is 35.5. The van der Waals surface area contributed by atoms with Crippen LogP contribution in [0.1, 0.15) is 27.9 Å². The van der Waals surface area contributed by atoms with E-state index < -0.39 is 48.0 Å². The van der Waals surface area contributed by atoms with E-state index >= 15 is 0 Å². The third kappa shape index (κ3) is 3.14. The second kappa shape index (κ2) is 7.21. The van der Waals surface area contributed by atoms with Crippen LogP contribution in [0.5, 0.6) is 0 Å². The van der Waals surface area contributed by atoms with Crippen molar-refractivity contribution < 1.29 is 29.1 Å². The largest absolute Gasteiger partial charge is 0.480 e. The molecule has 1 atom stereocenters. The summed E-state index contributed by atoms with van der Waals surface area (Å²) in [5.74, 6) is -3.94. The SMILES string of the molecule is NC(=O)c1ccc(CN2C(=O)CC3(C2=O)C(=O)N(CC(=O)O)c2ccc(Cl)cc23)cc1. The molecule has 2 heterocycles. The molecule has 4 amide bonds. The van der Waals surface area contributed by atoms with E-state index in [2.05, 4.69) is 0 Å². The quantitative estimate of drug-likeness (QED) is 0.525. The summed E-state index contributed by atoms with van der Waals surface area (Å²) >= 11 is 6.08. The van der Waals surface area contributed by atoms with Crippen LogP contribution in [-0.4, -0.2) is 46.1 Å². The van der Waals surface area contributed by atoms with Crippen molar-refractivity contribution in [3.8, 4) is 0 Å². The smallest absolute Gasteiger partial charge is 0.323 e. The topological polar surface area (TPSA) is 138 Å². The number of carboxylic acid groups (broad SMARTS) is 1. The number of likely N-dealkylation sites (tertiary alicyclic amines) is 1. The number of halogens is 1. The molecule has 4 rings (SSSR count). The molecule has 2 aliphatic heterocycles. The molecular weight excluding hydrogens is 426 g/mol. The number of imide groups is 1. The lowest BCUT2D eigenvalue weighted by molar-refractivity contribution is -0.143. The Balaban J connectivity index is 1.72. The summed E-state index contributed by atoms with van der Waals surface area (Å²) in [4.78, 5) is 64.0. The minimum Gasteiger partial charge on any atom is -0.480 e. The number of primary amides is 1. The molecule has 2 aromatic rings. The van der Waals surface area contributed by atoms with Crippen molar-refractivity contribution >= 4 is 46.9 Å². The Morgan fingerprint density at radius 2 is 1.68 bits per heavy atom. The number of fused-ring (bicyclic) bond motifs is 2. The molecule has 9 nitrogen and oxygen atoms in total. The lowest BCUT2D eigenvalue weighted by atomic mass is 9.80. The molecule has 0 radical (unpaired) electrons. The molecule has 158 valence electrons. The maximum Gasteiger partial charge on any atom is 0.323 e. The number of hydrogen-bond acceptors (Lipinski definition) is 5. The van der Waals surface area contributed by atoms with Crippen molar-refractivity contribution in [1.29, 1.82) is 0 Å². The predicted molar refractivity (Wildman–Crippen MR) is 108 cm³/mol. The number of nitrogens with two attached hydrogens (primary N) is 1. The molecule has 1 spiro atoms. The number of carboxylic acids is 1. The van der Waals surface area contributed by atoms with Crippen molar-refractivity contribution in [3.63, 3.8) is 0 Å². The van der Waals surface area contributed by atoms with Gasteiger partial charge in [0, 0.05) is 21.8 Å². The summed E-state index contributed by atoms with van der Waals surface area (Å²) in [6.45, 7) is -0.758. The Morgan fingerprint density at radius 1 is 1.03 bits per heavy atom. The lowest BCUT2D eigenvalue weighted by Crippen LogP contribution is -2.47. The van der Waals surface area contributed by atoms with Crippen LogP contribution >= 0.6 is 11.6 Å². The molecule has 3 N–H and O–H groups in total. The molecule has 0 bridgehead atoms. The van der Waals surface area contributed by atoms with Gasteiger partial charge in [0.15, 0.2) is 5.41 Å². The van der Waals surface area contributed by atoms with E-state index in [0.29, 0.717) is 5.56 Å². The first-order valence-corrected chi connectivity index (χ1v) is 9.60. The molecule has 0 saturated carbocycles. The molecule has 0 aromatic heterocycles. The highest BCUT2D eigenvalue weighted by molar-refractivity contribution is 6.32. The van der Waals surface area contributed by atoms with Crippen LogP contribution < -0.4 is 10.6 Å². The van der Waals surface area contributed by atoms with Crippen LogP contribution in [0.2, 0.25) is 5.02 Å². The highest BCUT2D eigenvalue weighted by Crippen LogP contribution is 2.49. The molecular formula is C21H16ClN3O6. The van der Waals surface area contributed by atoms with Crippen LogP contribution in [0.4, 0.5) is 5.69 Å². The van der Waals surface area contributed by atoms with Gasteiger partial charge in [-0.2, -0.15) is 0 Å². The van der Waals surface area contributed by atoms with Crippen LogP contribution in [0, 0.1) is 0 Å². The number of carbonyl (C=O) groups is 5. The van der Waals surface area contributed by atoms with Crippen molar-refractivity contribution in [2.24, 2.45) is 5.73 Å². The van der Waals surface area contributed by atoms with E-state index in [1.165, 1.54) is 30.3 Å². The monoisotopic (exact) mass is 441 g/mol. The number of hydrogen-bond donors (Lipinski definition) is 2. The standard InChI is InChI=1S/C21H16ClN3O6/c22-13-5-6-15-14(7-13)21(19(30)24(15)10-17(27)28)8-16(26)25(20(21)31)9-11-1-3-12(4-2-11)18(23)29/h1-7H,8-10H2,(H2,23,29)(H,27,28). The van der Waals surface area contributed by atoms with Gasteiger partial charge in [-0.3, -0.25) is 33.8 Å². The highest BCUT2D eigenvalue weighted by Gasteiger charge is 2.63. The second-order valence-electron chi connectivity index (χ2n) is 7.37. The Bertz CT molecular complexity index is 1160. The fraction of sp³-hybridized carbons (Fsp3) is 0.190. The van der Waals surface area contributed by atoms with E-state index in [1.54, 1.807) is 12.1 Å². The maximum absolute atomic E-state index is 13.4. The first kappa shape index (κ1) is 20.5. The number of amides is 4. The fourth-order valence-corrected chi connectivity index (χ4v) is 4.24. The summed E-state index contributed by atoms with van der Waals surface area (Å²) in [5.41, 5.74) is 4.66. The molecule has 1 saturated heterocycles. The average Bonchev–Trinajstić information content (AvgIpc) is 3.09. The van der Waals surface area contributed by atoms with E-state index in [4.69, 9.17) is 17.3 Å². The van der Waals surface area contributed by atoms with Gasteiger partial charge in [0.05, 0.1) is 13.0 Å². The molecule has 1 unspecified atom stereocenters. The Kier molecular flexibility index (Phi) is 4.78. The van der Waals surface area contributed by atoms with Crippen molar-refractivity contribution in [3.05, 3.63) is 64.2 Å². The molecule has 10 heteroatoms. The Hall–Kier alpha value is -3.72. The van der Waals surface area contributed by atoms with Gasteiger partial charge >= 0.3 is 5.97 Å². The second-order valence-corrected chi connectivity index (χ2v) is 7.81. The fourth-order valence-electron chi connectivity index (χ4n) is 4.07. The van der Waals surface area contributed by atoms with Crippen LogP contribution in [-0.2, 0) is 31.1 Å². The number of anilines is 1. The van der Waals surface area contributed by atoms with Gasteiger partial charge in [0.1, 0.15) is 6.54 Å². The summed E-state index contributed by atoms with van der Waals surface area (Å²) in [5, 5.41) is 9.47. The minimum atomic E-state index is -1.85. The van der Waals surface area contributed by atoms with Gasteiger partial charge < -0.3 is 10.8 Å². The van der Waals surface area contributed by atoms with Gasteiger partial charge in [0.2, 0.25) is 23.6 Å². The van der Waals surface area contributed by atoms with E-state index in [-0.39, 0.29) is 28.4 Å². The predicted octanol–water partition coefficient (Wildman–Crippen LogP) is 1.07. The summed E-state index contributed by atoms with van der Waals surface area (Å²) in [6, 6.07) is 10.4. The average molecular weight is 442 g/mol. The maximum atomic E-state index is 13.4. The molecule has 0 aliphatic carbocycles. The van der Waals surface area contributed by atoms with Gasteiger partial charge in [0.25, 0.3) is 0 Å². The third-order valence-corrected chi connectivity index (χ3v) is 5.75. The summed E-state index contributed by atoms with van der Waals surface area (Å²) in [6.07, 6.45) is -0.423. The Labute approximate surface area is 181 Å². The summed E-state index contributed by atoms with van der Waals surface area (Å²) < 4.78 is 0. The number of nitrogens with zero attached hydrogens (tertiary/aromatic N) is 2. The van der Waals surface area contributed by atoms with Crippen LogP contribution in [0.25, 0.3) is 0 Å². The van der Waals surface area contributed by atoms with Gasteiger partial charge in [-0.05, 0) is 35.9 Å². The van der Waals surface area contributed by atoms with Crippen molar-refractivity contribution in [1.82, 2.24) is 4.90 Å². The van der Waals surface area contributed by atoms with Crippen LogP contribution in [0.3, 0.4) is 0 Å². The number of aliphatic carboxylic acids is 1. The number of benzene rings is 2. The van der Waals surface area contributed by atoms with E-state index in [9.17, 15) is 29.1 Å². The zero-order valence-electron chi connectivity index (χ0n) is 16.0. The number of carbonyl (C=O) groups excluding carboxylic acids is 4. The molecule has 2 aliphatic rings. The minimum absolute atomic E-state index is 0.111. The summed E-state index contributed by atoms with van der Waals surface area (Å²) in [7, 11) is 0. The van der Waals surface area contributed by atoms with E-state index in [1.807, 2.05) is 0 Å². The van der Waals surface area contributed by atoms with Gasteiger partial charge in [-0.15, -0.1) is 0 Å². The number of rotatable bonds is 5. The normalized spacial score (nSPS) is 20.0. The zero-order chi connectivity index (χ0) is 22.5.